The predicted molar refractivity (Wildman–Crippen MR) is 120 cm³/mol. The van der Waals surface area contributed by atoms with E-state index in [1.165, 1.54) is 0 Å². The van der Waals surface area contributed by atoms with Crippen molar-refractivity contribution in [1.29, 1.82) is 5.26 Å². The third-order valence-electron chi connectivity index (χ3n) is 5.95. The molecule has 0 amide bonds. The van der Waals surface area contributed by atoms with Crippen LogP contribution in [0.4, 0.5) is 0 Å². The minimum atomic E-state index is 0.171. The van der Waals surface area contributed by atoms with Crippen LogP contribution >= 0.6 is 0 Å². The third kappa shape index (κ3) is 4.71. The minimum absolute atomic E-state index is 0.171. The van der Waals surface area contributed by atoms with Crippen LogP contribution in [0.3, 0.4) is 0 Å². The Morgan fingerprint density at radius 1 is 1.16 bits per heavy atom. The molecule has 162 valence electrons. The molecule has 1 aliphatic rings. The van der Waals surface area contributed by atoms with E-state index in [2.05, 4.69) is 27.9 Å². The van der Waals surface area contributed by atoms with Crippen molar-refractivity contribution in [3.8, 4) is 23.1 Å². The fourth-order valence-electron chi connectivity index (χ4n) is 4.12. The molecule has 0 radical (unpaired) electrons. The Kier molecular flexibility index (Phi) is 6.50. The highest BCUT2D eigenvalue weighted by molar-refractivity contribution is 5.91. The van der Waals surface area contributed by atoms with Crippen molar-refractivity contribution in [2.24, 2.45) is 7.05 Å². The number of piperidine rings is 1. The van der Waals surface area contributed by atoms with Crippen LogP contribution in [0.2, 0.25) is 0 Å². The number of nitrogens with zero attached hydrogens (tertiary/aromatic N) is 5. The lowest BCUT2D eigenvalue weighted by molar-refractivity contribution is -0.00356. The SMILES string of the molecule is CCN1CCC(OCCOc2ccc(-c3nc(C#N)nc4c3ccn4C)cc2C)CC1. The van der Waals surface area contributed by atoms with E-state index in [1.54, 1.807) is 0 Å². The number of hydrogen-bond donors (Lipinski definition) is 0. The monoisotopic (exact) mass is 419 g/mol. The first-order chi connectivity index (χ1) is 15.1. The van der Waals surface area contributed by atoms with Crippen LogP contribution in [-0.4, -0.2) is 58.4 Å². The van der Waals surface area contributed by atoms with Gasteiger partial charge in [-0.1, -0.05) is 6.92 Å². The Labute approximate surface area is 183 Å². The zero-order chi connectivity index (χ0) is 21.8. The summed E-state index contributed by atoms with van der Waals surface area (Å²) in [6.07, 6.45) is 4.47. The summed E-state index contributed by atoms with van der Waals surface area (Å²) in [5.41, 5.74) is 3.48. The molecule has 0 N–H and O–H groups in total. The molecule has 0 unspecified atom stereocenters. The van der Waals surface area contributed by atoms with Crippen molar-refractivity contribution in [2.45, 2.75) is 32.8 Å². The number of benzene rings is 1. The molecule has 0 spiro atoms. The maximum Gasteiger partial charge on any atom is 0.234 e. The molecule has 1 aromatic carbocycles. The fourth-order valence-corrected chi connectivity index (χ4v) is 4.12. The van der Waals surface area contributed by atoms with Crippen LogP contribution in [0.25, 0.3) is 22.3 Å². The molecule has 0 atom stereocenters. The standard InChI is InChI=1S/C24H29N5O2/c1-4-29-11-7-19(8-12-29)30-13-14-31-21-6-5-18(15-17(21)2)23-20-9-10-28(3)24(20)27-22(16-25)26-23/h5-6,9-10,15,19H,4,7-8,11-14H2,1-3H3. The van der Waals surface area contributed by atoms with Crippen LogP contribution in [0.5, 0.6) is 5.75 Å². The number of nitriles is 1. The zero-order valence-corrected chi connectivity index (χ0v) is 18.5. The number of fused-ring (bicyclic) bond motifs is 1. The van der Waals surface area contributed by atoms with Gasteiger partial charge >= 0.3 is 0 Å². The lowest BCUT2D eigenvalue weighted by atomic mass is 10.1. The lowest BCUT2D eigenvalue weighted by Crippen LogP contribution is -2.37. The minimum Gasteiger partial charge on any atom is -0.491 e. The van der Waals surface area contributed by atoms with E-state index in [4.69, 9.17) is 9.47 Å². The molecule has 1 aliphatic heterocycles. The molecule has 0 bridgehead atoms. The van der Waals surface area contributed by atoms with E-state index in [9.17, 15) is 5.26 Å². The Bertz CT molecular complexity index is 1090. The number of likely N-dealkylation sites (tertiary alicyclic amines) is 1. The molecule has 0 saturated carbocycles. The van der Waals surface area contributed by atoms with Crippen LogP contribution in [0.1, 0.15) is 31.2 Å². The van der Waals surface area contributed by atoms with Gasteiger partial charge in [0.15, 0.2) is 0 Å². The van der Waals surface area contributed by atoms with Gasteiger partial charge < -0.3 is 18.9 Å². The number of rotatable bonds is 7. The predicted octanol–water partition coefficient (Wildman–Crippen LogP) is 3.70. The fraction of sp³-hybridized carbons (Fsp3) is 0.458. The van der Waals surface area contributed by atoms with Crippen molar-refractivity contribution in [3.05, 3.63) is 41.9 Å². The van der Waals surface area contributed by atoms with Crippen LogP contribution < -0.4 is 4.74 Å². The second-order valence-electron chi connectivity index (χ2n) is 8.00. The molecule has 7 nitrogen and oxygen atoms in total. The van der Waals surface area contributed by atoms with Crippen molar-refractivity contribution >= 4 is 11.0 Å². The quantitative estimate of drug-likeness (QED) is 0.544. The summed E-state index contributed by atoms with van der Waals surface area (Å²) in [5.74, 6) is 1.01. The van der Waals surface area contributed by atoms with Gasteiger partial charge in [-0.15, -0.1) is 0 Å². The lowest BCUT2D eigenvalue weighted by Gasteiger charge is -2.30. The van der Waals surface area contributed by atoms with Gasteiger partial charge in [-0.2, -0.15) is 5.26 Å². The first kappa shape index (κ1) is 21.3. The molecular formula is C24H29N5O2. The molecule has 3 heterocycles. The third-order valence-corrected chi connectivity index (χ3v) is 5.95. The molecule has 0 aliphatic carbocycles. The number of aromatic nitrogens is 3. The van der Waals surface area contributed by atoms with Crippen molar-refractivity contribution in [1.82, 2.24) is 19.4 Å². The Morgan fingerprint density at radius 3 is 2.68 bits per heavy atom. The van der Waals surface area contributed by atoms with Crippen LogP contribution in [-0.2, 0) is 11.8 Å². The van der Waals surface area contributed by atoms with Crippen molar-refractivity contribution in [3.63, 3.8) is 0 Å². The average Bonchev–Trinajstić information content (AvgIpc) is 3.18. The van der Waals surface area contributed by atoms with Gasteiger partial charge in [-0.05, 0) is 56.1 Å². The van der Waals surface area contributed by atoms with E-state index in [0.717, 1.165) is 66.1 Å². The Hall–Kier alpha value is -2.95. The molecule has 2 aromatic heterocycles. The van der Waals surface area contributed by atoms with Gasteiger partial charge in [0.1, 0.15) is 24.1 Å². The highest BCUT2D eigenvalue weighted by atomic mass is 16.5. The topological polar surface area (TPSA) is 76.2 Å². The maximum absolute atomic E-state index is 9.32. The summed E-state index contributed by atoms with van der Waals surface area (Å²) in [5, 5.41) is 10.2. The molecule has 31 heavy (non-hydrogen) atoms. The van der Waals surface area contributed by atoms with Crippen molar-refractivity contribution < 1.29 is 9.47 Å². The summed E-state index contributed by atoms with van der Waals surface area (Å²) in [6, 6.07) is 10.0. The van der Waals surface area contributed by atoms with E-state index >= 15 is 0 Å². The second kappa shape index (κ2) is 9.46. The van der Waals surface area contributed by atoms with E-state index in [1.807, 2.05) is 49.0 Å². The average molecular weight is 420 g/mol. The highest BCUT2D eigenvalue weighted by Gasteiger charge is 2.18. The first-order valence-electron chi connectivity index (χ1n) is 10.9. The van der Waals surface area contributed by atoms with Gasteiger partial charge in [0.05, 0.1) is 18.4 Å². The molecule has 3 aromatic rings. The maximum atomic E-state index is 9.32. The summed E-state index contributed by atoms with van der Waals surface area (Å²) in [6.45, 7) is 8.71. The largest absolute Gasteiger partial charge is 0.491 e. The molecule has 7 heteroatoms. The van der Waals surface area contributed by atoms with Gasteiger partial charge in [0, 0.05) is 37.3 Å². The van der Waals surface area contributed by atoms with Gasteiger partial charge in [0.2, 0.25) is 5.82 Å². The molecular weight excluding hydrogens is 390 g/mol. The molecule has 1 saturated heterocycles. The van der Waals surface area contributed by atoms with E-state index < -0.39 is 0 Å². The summed E-state index contributed by atoms with van der Waals surface area (Å²) < 4.78 is 13.9. The Balaban J connectivity index is 1.40. The van der Waals surface area contributed by atoms with Gasteiger partial charge in [-0.3, -0.25) is 0 Å². The summed E-state index contributed by atoms with van der Waals surface area (Å²) in [7, 11) is 1.91. The second-order valence-corrected chi connectivity index (χ2v) is 8.00. The number of aryl methyl sites for hydroxylation is 2. The van der Waals surface area contributed by atoms with Gasteiger partial charge in [-0.25, -0.2) is 9.97 Å². The number of ether oxygens (including phenoxy) is 2. The Morgan fingerprint density at radius 2 is 1.97 bits per heavy atom. The van der Waals surface area contributed by atoms with Gasteiger partial charge in [0.25, 0.3) is 0 Å². The highest BCUT2D eigenvalue weighted by Crippen LogP contribution is 2.30. The summed E-state index contributed by atoms with van der Waals surface area (Å²) in [4.78, 5) is 11.2. The van der Waals surface area contributed by atoms with E-state index in [-0.39, 0.29) is 5.82 Å². The zero-order valence-electron chi connectivity index (χ0n) is 18.5. The first-order valence-corrected chi connectivity index (χ1v) is 10.9. The van der Waals surface area contributed by atoms with Crippen molar-refractivity contribution in [2.75, 3.05) is 32.8 Å². The number of hydrogen-bond acceptors (Lipinski definition) is 6. The molecule has 1 fully saturated rings. The van der Waals surface area contributed by atoms with Crippen LogP contribution in [0.15, 0.2) is 30.5 Å². The normalized spacial score (nSPS) is 15.3. The summed E-state index contributed by atoms with van der Waals surface area (Å²) >= 11 is 0. The van der Waals surface area contributed by atoms with E-state index in [0.29, 0.717) is 19.3 Å². The van der Waals surface area contributed by atoms with Crippen LogP contribution in [0, 0.1) is 18.3 Å². The smallest absolute Gasteiger partial charge is 0.234 e. The molecule has 4 rings (SSSR count).